The molecule has 1 aliphatic rings. The van der Waals surface area contributed by atoms with Crippen LogP contribution in [0.3, 0.4) is 0 Å². The second-order valence-corrected chi connectivity index (χ2v) is 6.89. The summed E-state index contributed by atoms with van der Waals surface area (Å²) < 4.78 is 15.6. The van der Waals surface area contributed by atoms with Gasteiger partial charge < -0.3 is 10.2 Å². The number of aromatic nitrogens is 2. The molecule has 0 fully saturated rings. The van der Waals surface area contributed by atoms with Crippen LogP contribution in [0.4, 0.5) is 10.3 Å². The van der Waals surface area contributed by atoms with Gasteiger partial charge in [-0.1, -0.05) is 24.3 Å². The van der Waals surface area contributed by atoms with Crippen molar-refractivity contribution in [3.8, 4) is 0 Å². The van der Waals surface area contributed by atoms with Crippen LogP contribution in [0.25, 0.3) is 11.0 Å². The minimum absolute atomic E-state index is 0.0206. The molecule has 144 valence electrons. The van der Waals surface area contributed by atoms with E-state index >= 15 is 0 Å². The third-order valence-electron chi connectivity index (χ3n) is 5.30. The van der Waals surface area contributed by atoms with E-state index in [0.717, 1.165) is 22.3 Å². The Balaban J connectivity index is 1.96. The van der Waals surface area contributed by atoms with E-state index in [0.29, 0.717) is 24.6 Å². The summed E-state index contributed by atoms with van der Waals surface area (Å²) in [5, 5.41) is 3.30. The van der Waals surface area contributed by atoms with Crippen molar-refractivity contribution in [3.63, 3.8) is 0 Å². The molecular weight excluding hydrogens is 355 g/mol. The number of para-hydroxylation sites is 2. The standard InChI is InChI=1S/C22H23FN4O/c1-4-26(5-2)21(28)19-14(3)24-22-25-17-8-6-7-9-18(17)27(22)20(19)15-10-12-16(23)13-11-15/h6-13,20H,4-5H2,1-3H3,(H,24,25)/t20-/m0/s1. The molecule has 3 aromatic rings. The van der Waals surface area contributed by atoms with Crippen molar-refractivity contribution < 1.29 is 9.18 Å². The zero-order valence-electron chi connectivity index (χ0n) is 16.2. The van der Waals surface area contributed by atoms with Crippen LogP contribution in [-0.4, -0.2) is 33.4 Å². The van der Waals surface area contributed by atoms with Gasteiger partial charge in [-0.3, -0.25) is 9.36 Å². The lowest BCUT2D eigenvalue weighted by Crippen LogP contribution is -2.37. The molecule has 4 rings (SSSR count). The van der Waals surface area contributed by atoms with Gasteiger partial charge in [0.2, 0.25) is 5.95 Å². The van der Waals surface area contributed by atoms with E-state index in [1.165, 1.54) is 12.1 Å². The SMILES string of the molecule is CCN(CC)C(=O)C1=C(C)Nc2nc3ccccc3n2[C@H]1c1ccc(F)cc1. The highest BCUT2D eigenvalue weighted by Crippen LogP contribution is 2.39. The average molecular weight is 378 g/mol. The number of allylic oxidation sites excluding steroid dienone is 1. The van der Waals surface area contributed by atoms with Crippen LogP contribution < -0.4 is 5.32 Å². The molecule has 6 heteroatoms. The van der Waals surface area contributed by atoms with Crippen molar-refractivity contribution in [3.05, 3.63) is 71.2 Å². The first-order valence-corrected chi connectivity index (χ1v) is 9.54. The minimum Gasteiger partial charge on any atom is -0.339 e. The Bertz CT molecular complexity index is 1060. The van der Waals surface area contributed by atoms with Crippen LogP contribution in [-0.2, 0) is 4.79 Å². The molecule has 0 aliphatic carbocycles. The number of hydrogen-bond donors (Lipinski definition) is 1. The Morgan fingerprint density at radius 2 is 1.82 bits per heavy atom. The minimum atomic E-state index is -0.377. The molecule has 0 bridgehead atoms. The lowest BCUT2D eigenvalue weighted by molar-refractivity contribution is -0.127. The molecular formula is C22H23FN4O. The van der Waals surface area contributed by atoms with Crippen LogP contribution in [0.1, 0.15) is 32.4 Å². The number of nitrogens with one attached hydrogen (secondary N) is 1. The number of nitrogens with zero attached hydrogens (tertiary/aromatic N) is 3. The van der Waals surface area contributed by atoms with Crippen molar-refractivity contribution >= 4 is 22.9 Å². The summed E-state index contributed by atoms with van der Waals surface area (Å²) in [5.74, 6) is 0.364. The number of hydrogen-bond acceptors (Lipinski definition) is 3. The number of carbonyl (C=O) groups excluding carboxylic acids is 1. The zero-order chi connectivity index (χ0) is 19.8. The van der Waals surface area contributed by atoms with E-state index in [1.807, 2.05) is 49.6 Å². The summed E-state index contributed by atoms with van der Waals surface area (Å²) in [4.78, 5) is 19.9. The average Bonchev–Trinajstić information content (AvgIpc) is 3.06. The fraction of sp³-hybridized carbons (Fsp3) is 0.273. The number of likely N-dealkylation sites (N-methyl/N-ethyl adjacent to an activating group) is 1. The number of fused-ring (bicyclic) bond motifs is 3. The molecule has 5 nitrogen and oxygen atoms in total. The maximum Gasteiger partial charge on any atom is 0.253 e. The number of amides is 1. The first-order valence-electron chi connectivity index (χ1n) is 9.54. The first kappa shape index (κ1) is 18.2. The molecule has 1 aliphatic heterocycles. The number of benzene rings is 2. The summed E-state index contributed by atoms with van der Waals surface area (Å²) >= 11 is 0. The van der Waals surface area contributed by atoms with Crippen LogP contribution >= 0.6 is 0 Å². The molecule has 1 atom stereocenters. The number of anilines is 1. The summed E-state index contributed by atoms with van der Waals surface area (Å²) in [6, 6.07) is 13.8. The summed E-state index contributed by atoms with van der Waals surface area (Å²) in [6.45, 7) is 7.09. The Kier molecular flexibility index (Phi) is 4.63. The molecule has 28 heavy (non-hydrogen) atoms. The fourth-order valence-electron chi connectivity index (χ4n) is 3.88. The molecule has 1 amide bonds. The van der Waals surface area contributed by atoms with Crippen molar-refractivity contribution in [1.82, 2.24) is 14.5 Å². The van der Waals surface area contributed by atoms with Gasteiger partial charge in [-0.2, -0.15) is 0 Å². The van der Waals surface area contributed by atoms with Gasteiger partial charge in [-0.05, 0) is 50.6 Å². The smallest absolute Gasteiger partial charge is 0.253 e. The molecule has 1 N–H and O–H groups in total. The van der Waals surface area contributed by atoms with Crippen molar-refractivity contribution in [2.75, 3.05) is 18.4 Å². The van der Waals surface area contributed by atoms with Crippen molar-refractivity contribution in [1.29, 1.82) is 0 Å². The third-order valence-corrected chi connectivity index (χ3v) is 5.30. The monoisotopic (exact) mass is 378 g/mol. The Morgan fingerprint density at radius 1 is 1.14 bits per heavy atom. The van der Waals surface area contributed by atoms with E-state index in [-0.39, 0.29) is 17.8 Å². The van der Waals surface area contributed by atoms with E-state index in [4.69, 9.17) is 4.98 Å². The Hall–Kier alpha value is -3.15. The van der Waals surface area contributed by atoms with Gasteiger partial charge in [0.05, 0.1) is 22.6 Å². The normalized spacial score (nSPS) is 16.1. The molecule has 1 aromatic heterocycles. The van der Waals surface area contributed by atoms with Crippen LogP contribution in [0.2, 0.25) is 0 Å². The Morgan fingerprint density at radius 3 is 2.50 bits per heavy atom. The molecule has 2 aromatic carbocycles. The number of imidazole rings is 1. The highest BCUT2D eigenvalue weighted by Gasteiger charge is 2.35. The molecule has 0 radical (unpaired) electrons. The second-order valence-electron chi connectivity index (χ2n) is 6.89. The molecule has 0 unspecified atom stereocenters. The molecule has 0 spiro atoms. The summed E-state index contributed by atoms with van der Waals surface area (Å²) in [7, 11) is 0. The summed E-state index contributed by atoms with van der Waals surface area (Å²) in [5.41, 5.74) is 4.06. The predicted molar refractivity (Wildman–Crippen MR) is 109 cm³/mol. The number of rotatable bonds is 4. The van der Waals surface area contributed by atoms with Crippen molar-refractivity contribution in [2.24, 2.45) is 0 Å². The third kappa shape index (κ3) is 2.85. The quantitative estimate of drug-likeness (QED) is 0.735. The van der Waals surface area contributed by atoms with Gasteiger partial charge >= 0.3 is 0 Å². The highest BCUT2D eigenvalue weighted by molar-refractivity contribution is 5.97. The van der Waals surface area contributed by atoms with Crippen LogP contribution in [0, 0.1) is 5.82 Å². The van der Waals surface area contributed by atoms with Gasteiger partial charge in [0.1, 0.15) is 5.82 Å². The largest absolute Gasteiger partial charge is 0.339 e. The molecule has 2 heterocycles. The lowest BCUT2D eigenvalue weighted by atomic mass is 9.94. The predicted octanol–water partition coefficient (Wildman–Crippen LogP) is 4.33. The van der Waals surface area contributed by atoms with E-state index in [2.05, 4.69) is 5.32 Å². The summed E-state index contributed by atoms with van der Waals surface area (Å²) in [6.07, 6.45) is 0. The Labute approximate surface area is 163 Å². The highest BCUT2D eigenvalue weighted by atomic mass is 19.1. The maximum absolute atomic E-state index is 13.6. The molecule has 0 saturated carbocycles. The van der Waals surface area contributed by atoms with Gasteiger partial charge in [-0.25, -0.2) is 9.37 Å². The lowest BCUT2D eigenvalue weighted by Gasteiger charge is -2.33. The van der Waals surface area contributed by atoms with Gasteiger partial charge in [0, 0.05) is 18.8 Å². The van der Waals surface area contributed by atoms with E-state index < -0.39 is 0 Å². The topological polar surface area (TPSA) is 50.2 Å². The van der Waals surface area contributed by atoms with E-state index in [1.54, 1.807) is 17.0 Å². The van der Waals surface area contributed by atoms with Gasteiger partial charge in [-0.15, -0.1) is 0 Å². The first-order chi connectivity index (χ1) is 13.5. The second kappa shape index (κ2) is 7.11. The maximum atomic E-state index is 13.6. The number of carbonyl (C=O) groups is 1. The van der Waals surface area contributed by atoms with Crippen LogP contribution in [0.5, 0.6) is 0 Å². The van der Waals surface area contributed by atoms with Gasteiger partial charge in [0.25, 0.3) is 5.91 Å². The van der Waals surface area contributed by atoms with Crippen LogP contribution in [0.15, 0.2) is 59.8 Å². The van der Waals surface area contributed by atoms with Crippen molar-refractivity contribution in [2.45, 2.75) is 26.8 Å². The zero-order valence-corrected chi connectivity index (χ0v) is 16.2. The fourth-order valence-corrected chi connectivity index (χ4v) is 3.88. The number of halogens is 1. The van der Waals surface area contributed by atoms with E-state index in [9.17, 15) is 9.18 Å². The van der Waals surface area contributed by atoms with Gasteiger partial charge in [0.15, 0.2) is 0 Å². The molecule has 0 saturated heterocycles.